The van der Waals surface area contributed by atoms with Crippen LogP contribution in [0.5, 0.6) is 11.5 Å². The molecule has 3 heterocycles. The molecule has 0 bridgehead atoms. The van der Waals surface area contributed by atoms with Crippen LogP contribution in [0, 0.1) is 6.92 Å². The zero-order valence-electron chi connectivity index (χ0n) is 12.7. The maximum absolute atomic E-state index is 6.05. The molecule has 0 amide bonds. The van der Waals surface area contributed by atoms with Gasteiger partial charge in [-0.15, -0.1) is 0 Å². The van der Waals surface area contributed by atoms with E-state index in [4.69, 9.17) is 10.5 Å². The van der Waals surface area contributed by atoms with Crippen LogP contribution in [0.1, 0.15) is 31.2 Å². The van der Waals surface area contributed by atoms with Crippen LogP contribution in [0.4, 0.5) is 5.82 Å². The van der Waals surface area contributed by atoms with Crippen LogP contribution in [-0.4, -0.2) is 19.9 Å². The Morgan fingerprint density at radius 2 is 1.95 bits per heavy atom. The first-order valence-corrected chi connectivity index (χ1v) is 7.06. The van der Waals surface area contributed by atoms with Gasteiger partial charge >= 0.3 is 0 Å². The third-order valence-corrected chi connectivity index (χ3v) is 3.39. The number of nitrogens with two attached hydrogens (primary N) is 1. The summed E-state index contributed by atoms with van der Waals surface area (Å²) in [6.45, 7) is 5.96. The van der Waals surface area contributed by atoms with E-state index in [1.807, 2.05) is 12.3 Å². The summed E-state index contributed by atoms with van der Waals surface area (Å²) in [6.07, 6.45) is 6.84. The van der Waals surface area contributed by atoms with Gasteiger partial charge in [-0.3, -0.25) is 9.97 Å². The van der Waals surface area contributed by atoms with Gasteiger partial charge in [-0.1, -0.05) is 13.8 Å². The number of anilines is 1. The molecule has 0 aliphatic rings. The number of rotatable bonds is 3. The van der Waals surface area contributed by atoms with Gasteiger partial charge in [0.2, 0.25) is 0 Å². The van der Waals surface area contributed by atoms with Gasteiger partial charge in [-0.25, -0.2) is 9.97 Å². The first kappa shape index (κ1) is 14.2. The topological polar surface area (TPSA) is 86.8 Å². The second-order valence-corrected chi connectivity index (χ2v) is 5.36. The highest BCUT2D eigenvalue weighted by Crippen LogP contribution is 2.37. The van der Waals surface area contributed by atoms with E-state index in [1.54, 1.807) is 25.5 Å². The van der Waals surface area contributed by atoms with Gasteiger partial charge in [0.15, 0.2) is 11.6 Å². The van der Waals surface area contributed by atoms with Crippen molar-refractivity contribution in [2.75, 3.05) is 5.73 Å². The van der Waals surface area contributed by atoms with Crippen LogP contribution in [-0.2, 0) is 0 Å². The zero-order valence-corrected chi connectivity index (χ0v) is 12.7. The van der Waals surface area contributed by atoms with Gasteiger partial charge < -0.3 is 10.5 Å². The predicted octanol–water partition coefficient (Wildman–Crippen LogP) is 3.23. The van der Waals surface area contributed by atoms with Gasteiger partial charge in [0, 0.05) is 23.3 Å². The number of hydrogen-bond acceptors (Lipinski definition) is 6. The average molecular weight is 295 g/mol. The highest BCUT2D eigenvalue weighted by Gasteiger charge is 2.16. The number of ether oxygens (including phenoxy) is 1. The summed E-state index contributed by atoms with van der Waals surface area (Å²) in [5.74, 6) is 2.35. The Morgan fingerprint density at radius 3 is 2.68 bits per heavy atom. The second-order valence-electron chi connectivity index (χ2n) is 5.36. The maximum atomic E-state index is 6.05. The summed E-state index contributed by atoms with van der Waals surface area (Å²) in [6, 6.07) is 1.88. The fourth-order valence-corrected chi connectivity index (χ4v) is 2.22. The van der Waals surface area contributed by atoms with Crippen LogP contribution < -0.4 is 10.5 Å². The molecule has 0 aromatic carbocycles. The molecule has 0 aliphatic carbocycles. The molecule has 3 aromatic rings. The number of pyridine rings is 2. The molecule has 6 heteroatoms. The van der Waals surface area contributed by atoms with Crippen LogP contribution in [0.25, 0.3) is 10.9 Å². The summed E-state index contributed by atoms with van der Waals surface area (Å²) in [4.78, 5) is 16.8. The molecule has 0 saturated carbocycles. The van der Waals surface area contributed by atoms with E-state index < -0.39 is 0 Å². The van der Waals surface area contributed by atoms with Crippen LogP contribution in [0.15, 0.2) is 30.9 Å². The molecule has 6 nitrogen and oxygen atoms in total. The third kappa shape index (κ3) is 2.55. The van der Waals surface area contributed by atoms with Gasteiger partial charge in [0.25, 0.3) is 0 Å². The molecule has 0 fully saturated rings. The van der Waals surface area contributed by atoms with E-state index >= 15 is 0 Å². The molecule has 0 unspecified atom stereocenters. The lowest BCUT2D eigenvalue weighted by molar-refractivity contribution is 0.475. The van der Waals surface area contributed by atoms with Crippen molar-refractivity contribution in [3.05, 3.63) is 42.2 Å². The maximum Gasteiger partial charge on any atom is 0.187 e. The minimum Gasteiger partial charge on any atom is -0.451 e. The van der Waals surface area contributed by atoms with E-state index in [-0.39, 0.29) is 5.92 Å². The first-order chi connectivity index (χ1) is 10.6. The van der Waals surface area contributed by atoms with Crippen LogP contribution in [0.3, 0.4) is 0 Å². The molecular formula is C16H17N5O. The Morgan fingerprint density at radius 1 is 1.14 bits per heavy atom. The summed E-state index contributed by atoms with van der Waals surface area (Å²) in [7, 11) is 0. The van der Waals surface area contributed by atoms with Crippen molar-refractivity contribution in [2.24, 2.45) is 0 Å². The lowest BCUT2D eigenvalue weighted by Gasteiger charge is -2.16. The molecule has 0 spiro atoms. The van der Waals surface area contributed by atoms with E-state index in [0.29, 0.717) is 17.4 Å². The predicted molar refractivity (Wildman–Crippen MR) is 84.9 cm³/mol. The number of nitrogen functional groups attached to an aromatic ring is 1. The Balaban J connectivity index is 2.17. The standard InChI is InChI=1S/C16H17N5O/c1-9(2)12-6-20-13-7-18-5-4-11(13)15(12)22-14-8-19-10(3)21-16(14)17/h4-9H,1-3H3,(H2,17,19,21). The summed E-state index contributed by atoms with van der Waals surface area (Å²) >= 11 is 0. The summed E-state index contributed by atoms with van der Waals surface area (Å²) < 4.78 is 6.05. The molecule has 0 radical (unpaired) electrons. The number of aromatic nitrogens is 4. The van der Waals surface area contributed by atoms with E-state index in [2.05, 4.69) is 33.8 Å². The SMILES string of the molecule is Cc1ncc(Oc2c(C(C)C)cnc3cnccc23)c(N)n1. The fraction of sp³-hybridized carbons (Fsp3) is 0.250. The molecule has 3 aromatic heterocycles. The van der Waals surface area contributed by atoms with Gasteiger partial charge in [0.1, 0.15) is 11.6 Å². The van der Waals surface area contributed by atoms with Gasteiger partial charge in [0.05, 0.1) is 17.9 Å². The number of fused-ring (bicyclic) bond motifs is 1. The van der Waals surface area contributed by atoms with Crippen LogP contribution >= 0.6 is 0 Å². The van der Waals surface area contributed by atoms with Crippen LogP contribution in [0.2, 0.25) is 0 Å². The Labute approximate surface area is 128 Å². The highest BCUT2D eigenvalue weighted by molar-refractivity contribution is 5.86. The molecule has 0 saturated heterocycles. The number of nitrogens with zero attached hydrogens (tertiary/aromatic N) is 4. The van der Waals surface area contributed by atoms with Crippen molar-refractivity contribution < 1.29 is 4.74 Å². The molecule has 112 valence electrons. The normalized spacial score (nSPS) is 11.1. The van der Waals surface area contributed by atoms with Gasteiger partial charge in [-0.05, 0) is 18.9 Å². The molecule has 2 N–H and O–H groups in total. The van der Waals surface area contributed by atoms with Crippen molar-refractivity contribution in [3.63, 3.8) is 0 Å². The van der Waals surface area contributed by atoms with Crippen molar-refractivity contribution >= 4 is 16.7 Å². The Kier molecular flexibility index (Phi) is 3.58. The molecule has 0 aliphatic heterocycles. The van der Waals surface area contributed by atoms with Crippen molar-refractivity contribution in [1.29, 1.82) is 0 Å². The Bertz CT molecular complexity index is 832. The number of aryl methyl sites for hydroxylation is 1. The van der Waals surface area contributed by atoms with Crippen molar-refractivity contribution in [3.8, 4) is 11.5 Å². The average Bonchev–Trinajstić information content (AvgIpc) is 2.50. The molecular weight excluding hydrogens is 278 g/mol. The van der Waals surface area contributed by atoms with E-state index in [9.17, 15) is 0 Å². The van der Waals surface area contributed by atoms with E-state index in [0.717, 1.165) is 22.2 Å². The third-order valence-electron chi connectivity index (χ3n) is 3.39. The fourth-order valence-electron chi connectivity index (χ4n) is 2.22. The summed E-state index contributed by atoms with van der Waals surface area (Å²) in [5.41, 5.74) is 7.71. The second kappa shape index (κ2) is 5.55. The van der Waals surface area contributed by atoms with Gasteiger partial charge in [-0.2, -0.15) is 0 Å². The summed E-state index contributed by atoms with van der Waals surface area (Å²) in [5, 5.41) is 0.890. The highest BCUT2D eigenvalue weighted by atomic mass is 16.5. The smallest absolute Gasteiger partial charge is 0.187 e. The quantitative estimate of drug-likeness (QED) is 0.798. The minimum atomic E-state index is 0.257. The lowest BCUT2D eigenvalue weighted by Crippen LogP contribution is -2.02. The monoisotopic (exact) mass is 295 g/mol. The van der Waals surface area contributed by atoms with Crippen molar-refractivity contribution in [2.45, 2.75) is 26.7 Å². The molecule has 3 rings (SSSR count). The first-order valence-electron chi connectivity index (χ1n) is 7.06. The Hall–Kier alpha value is -2.76. The van der Waals surface area contributed by atoms with Crippen molar-refractivity contribution in [1.82, 2.24) is 19.9 Å². The largest absolute Gasteiger partial charge is 0.451 e. The minimum absolute atomic E-state index is 0.257. The molecule has 0 atom stereocenters. The zero-order chi connectivity index (χ0) is 15.7. The molecule has 22 heavy (non-hydrogen) atoms. The number of hydrogen-bond donors (Lipinski definition) is 1. The van der Waals surface area contributed by atoms with E-state index in [1.165, 1.54) is 0 Å². The lowest BCUT2D eigenvalue weighted by atomic mass is 10.0.